The van der Waals surface area contributed by atoms with E-state index < -0.39 is 0 Å². The Kier molecular flexibility index (Phi) is 6.22. The van der Waals surface area contributed by atoms with Gasteiger partial charge in [-0.25, -0.2) is 0 Å². The normalized spacial score (nSPS) is 11.9. The number of carbonyl (C=O) groups excluding carboxylic acids is 1. The molecule has 0 heterocycles. The highest BCUT2D eigenvalue weighted by Crippen LogP contribution is 2.12. The van der Waals surface area contributed by atoms with Crippen LogP contribution >= 0.6 is 0 Å². The van der Waals surface area contributed by atoms with Crippen LogP contribution in [0.15, 0.2) is 24.3 Å². The van der Waals surface area contributed by atoms with Crippen molar-refractivity contribution in [3.05, 3.63) is 29.8 Å². The van der Waals surface area contributed by atoms with Crippen molar-refractivity contribution in [1.29, 1.82) is 0 Å². The van der Waals surface area contributed by atoms with E-state index in [4.69, 9.17) is 4.74 Å². The summed E-state index contributed by atoms with van der Waals surface area (Å²) in [5.41, 5.74) is 2.26. The molecule has 0 aliphatic rings. The zero-order valence-corrected chi connectivity index (χ0v) is 11.3. The topological polar surface area (TPSA) is 50.4 Å². The smallest absolute Gasteiger partial charge is 0.222 e. The third-order valence-corrected chi connectivity index (χ3v) is 2.64. The Labute approximate surface area is 109 Å². The molecule has 0 fully saturated rings. The molecule has 0 saturated carbocycles. The van der Waals surface area contributed by atoms with Crippen molar-refractivity contribution in [3.8, 4) is 0 Å². The van der Waals surface area contributed by atoms with Crippen LogP contribution in [-0.4, -0.2) is 32.2 Å². The van der Waals surface area contributed by atoms with Gasteiger partial charge < -0.3 is 15.4 Å². The lowest BCUT2D eigenvalue weighted by Gasteiger charge is -2.13. The molecule has 0 bridgehead atoms. The Morgan fingerprint density at radius 2 is 2.11 bits per heavy atom. The largest absolute Gasteiger partial charge is 0.384 e. The first kappa shape index (κ1) is 14.5. The molecule has 1 aromatic rings. The lowest BCUT2D eigenvalue weighted by molar-refractivity contribution is -0.121. The fourth-order valence-corrected chi connectivity index (χ4v) is 1.72. The number of carbonyl (C=O) groups is 1. The molecular formula is C14H22N2O2. The Balaban J connectivity index is 2.25. The van der Waals surface area contributed by atoms with Crippen LogP contribution in [0.4, 0.5) is 5.69 Å². The summed E-state index contributed by atoms with van der Waals surface area (Å²) in [7, 11) is 1.63. The van der Waals surface area contributed by atoms with Gasteiger partial charge in [-0.15, -0.1) is 0 Å². The van der Waals surface area contributed by atoms with Gasteiger partial charge in [0.05, 0.1) is 6.61 Å². The minimum atomic E-state index is 0.0423. The van der Waals surface area contributed by atoms with Crippen LogP contribution in [0.5, 0.6) is 0 Å². The standard InChI is InChI=1S/C14H22N2O2/c1-11-6-4-5-7-13(11)15-9-8-14(17)16-12(2)10-18-3/h4-7,12,15H,8-10H2,1-3H3,(H,16,17). The summed E-state index contributed by atoms with van der Waals surface area (Å²) in [6.45, 7) is 5.15. The molecule has 0 aromatic heterocycles. The molecule has 0 radical (unpaired) electrons. The number of aryl methyl sites for hydroxylation is 1. The Morgan fingerprint density at radius 1 is 1.39 bits per heavy atom. The van der Waals surface area contributed by atoms with E-state index in [-0.39, 0.29) is 11.9 Å². The number of benzene rings is 1. The van der Waals surface area contributed by atoms with Crippen molar-refractivity contribution in [2.75, 3.05) is 25.6 Å². The molecular weight excluding hydrogens is 228 g/mol. The van der Waals surface area contributed by atoms with E-state index in [0.717, 1.165) is 5.69 Å². The fourth-order valence-electron chi connectivity index (χ4n) is 1.72. The van der Waals surface area contributed by atoms with E-state index in [9.17, 15) is 4.79 Å². The number of ether oxygens (including phenoxy) is 1. The number of para-hydroxylation sites is 1. The van der Waals surface area contributed by atoms with Gasteiger partial charge in [0.2, 0.25) is 5.91 Å². The molecule has 1 atom stereocenters. The van der Waals surface area contributed by atoms with E-state index in [0.29, 0.717) is 19.6 Å². The second kappa shape index (κ2) is 7.71. The van der Waals surface area contributed by atoms with Crippen LogP contribution in [0.2, 0.25) is 0 Å². The minimum Gasteiger partial charge on any atom is -0.384 e. The molecule has 1 amide bonds. The van der Waals surface area contributed by atoms with E-state index >= 15 is 0 Å². The van der Waals surface area contributed by atoms with Gasteiger partial charge >= 0.3 is 0 Å². The van der Waals surface area contributed by atoms with Gasteiger partial charge in [0.1, 0.15) is 0 Å². The summed E-state index contributed by atoms with van der Waals surface area (Å²) in [5.74, 6) is 0.0423. The van der Waals surface area contributed by atoms with Crippen LogP contribution in [-0.2, 0) is 9.53 Å². The SMILES string of the molecule is COCC(C)NC(=O)CCNc1ccccc1C. The molecule has 18 heavy (non-hydrogen) atoms. The third-order valence-electron chi connectivity index (χ3n) is 2.64. The summed E-state index contributed by atoms with van der Waals surface area (Å²) in [5, 5.41) is 6.13. The van der Waals surface area contributed by atoms with Gasteiger partial charge in [-0.2, -0.15) is 0 Å². The molecule has 2 N–H and O–H groups in total. The third kappa shape index (κ3) is 5.19. The second-order valence-electron chi connectivity index (χ2n) is 4.42. The first-order valence-corrected chi connectivity index (χ1v) is 6.21. The van der Waals surface area contributed by atoms with Crippen molar-refractivity contribution in [2.45, 2.75) is 26.3 Å². The van der Waals surface area contributed by atoms with E-state index in [1.807, 2.05) is 38.1 Å². The number of methoxy groups -OCH3 is 1. The molecule has 1 aromatic carbocycles. The van der Waals surface area contributed by atoms with Crippen LogP contribution in [0.3, 0.4) is 0 Å². The van der Waals surface area contributed by atoms with E-state index in [1.165, 1.54) is 5.56 Å². The second-order valence-corrected chi connectivity index (χ2v) is 4.42. The molecule has 0 saturated heterocycles. The number of nitrogens with one attached hydrogen (secondary N) is 2. The lowest BCUT2D eigenvalue weighted by Crippen LogP contribution is -2.36. The first-order chi connectivity index (χ1) is 8.63. The summed E-state index contributed by atoms with van der Waals surface area (Å²) < 4.78 is 4.96. The fraction of sp³-hybridized carbons (Fsp3) is 0.500. The van der Waals surface area contributed by atoms with Gasteiger partial charge in [-0.1, -0.05) is 18.2 Å². The van der Waals surface area contributed by atoms with Crippen molar-refractivity contribution in [2.24, 2.45) is 0 Å². The minimum absolute atomic E-state index is 0.0423. The Morgan fingerprint density at radius 3 is 2.78 bits per heavy atom. The van der Waals surface area contributed by atoms with Crippen molar-refractivity contribution >= 4 is 11.6 Å². The zero-order valence-electron chi connectivity index (χ0n) is 11.3. The molecule has 1 unspecified atom stereocenters. The highest BCUT2D eigenvalue weighted by molar-refractivity contribution is 5.76. The monoisotopic (exact) mass is 250 g/mol. The predicted octanol–water partition coefficient (Wildman–Crippen LogP) is 1.95. The highest BCUT2D eigenvalue weighted by atomic mass is 16.5. The summed E-state index contributed by atoms with van der Waals surface area (Å²) in [6.07, 6.45) is 0.461. The zero-order chi connectivity index (χ0) is 13.4. The molecule has 1 rings (SSSR count). The lowest BCUT2D eigenvalue weighted by atomic mass is 10.2. The predicted molar refractivity (Wildman–Crippen MR) is 73.8 cm³/mol. The maximum absolute atomic E-state index is 11.6. The van der Waals surface area contributed by atoms with Crippen molar-refractivity contribution in [1.82, 2.24) is 5.32 Å². The Hall–Kier alpha value is -1.55. The van der Waals surface area contributed by atoms with E-state index in [2.05, 4.69) is 10.6 Å². The average Bonchev–Trinajstić information content (AvgIpc) is 2.31. The van der Waals surface area contributed by atoms with Crippen LogP contribution in [0.1, 0.15) is 18.9 Å². The molecule has 0 spiro atoms. The maximum atomic E-state index is 11.6. The van der Waals surface area contributed by atoms with E-state index in [1.54, 1.807) is 7.11 Å². The van der Waals surface area contributed by atoms with Gasteiger partial charge in [0.15, 0.2) is 0 Å². The average molecular weight is 250 g/mol. The molecule has 4 heteroatoms. The van der Waals surface area contributed by atoms with Crippen LogP contribution in [0, 0.1) is 6.92 Å². The first-order valence-electron chi connectivity index (χ1n) is 6.21. The summed E-state index contributed by atoms with van der Waals surface area (Å²) >= 11 is 0. The highest BCUT2D eigenvalue weighted by Gasteiger charge is 2.06. The quantitative estimate of drug-likeness (QED) is 0.777. The maximum Gasteiger partial charge on any atom is 0.222 e. The number of amides is 1. The molecule has 4 nitrogen and oxygen atoms in total. The van der Waals surface area contributed by atoms with Gasteiger partial charge in [0, 0.05) is 31.8 Å². The Bertz CT molecular complexity index is 380. The van der Waals surface area contributed by atoms with Gasteiger partial charge in [-0.3, -0.25) is 4.79 Å². The molecule has 0 aliphatic carbocycles. The van der Waals surface area contributed by atoms with Crippen LogP contribution < -0.4 is 10.6 Å². The van der Waals surface area contributed by atoms with Crippen LogP contribution in [0.25, 0.3) is 0 Å². The van der Waals surface area contributed by atoms with Crippen molar-refractivity contribution < 1.29 is 9.53 Å². The van der Waals surface area contributed by atoms with Gasteiger partial charge in [0.25, 0.3) is 0 Å². The number of anilines is 1. The number of hydrogen-bond donors (Lipinski definition) is 2. The van der Waals surface area contributed by atoms with Crippen molar-refractivity contribution in [3.63, 3.8) is 0 Å². The molecule has 100 valence electrons. The van der Waals surface area contributed by atoms with Gasteiger partial charge in [-0.05, 0) is 25.5 Å². The summed E-state index contributed by atoms with van der Waals surface area (Å²) in [4.78, 5) is 11.6. The molecule has 0 aliphatic heterocycles. The summed E-state index contributed by atoms with van der Waals surface area (Å²) in [6, 6.07) is 8.10. The number of rotatable bonds is 7. The number of hydrogen-bond acceptors (Lipinski definition) is 3.